The van der Waals surface area contributed by atoms with Crippen LogP contribution in [0.2, 0.25) is 0 Å². The second-order valence-corrected chi connectivity index (χ2v) is 8.01. The predicted molar refractivity (Wildman–Crippen MR) is 116 cm³/mol. The molecule has 1 atom stereocenters. The van der Waals surface area contributed by atoms with Crippen molar-refractivity contribution in [1.82, 2.24) is 29.0 Å². The number of amides is 1. The Labute approximate surface area is 180 Å². The first-order chi connectivity index (χ1) is 14.9. The SMILES string of the molecule is CC(C)C(O)c1nnc2ccc(C(=O)N(C)Cc3nccn3Cc3ccccc3)cn12. The van der Waals surface area contributed by atoms with Gasteiger partial charge in [-0.2, -0.15) is 0 Å². The minimum Gasteiger partial charge on any atom is -0.385 e. The third-order valence-electron chi connectivity index (χ3n) is 5.29. The van der Waals surface area contributed by atoms with Crippen molar-refractivity contribution in [2.24, 2.45) is 5.92 Å². The van der Waals surface area contributed by atoms with E-state index >= 15 is 0 Å². The Hall–Kier alpha value is -3.52. The molecule has 3 aromatic heterocycles. The van der Waals surface area contributed by atoms with E-state index in [4.69, 9.17) is 0 Å². The maximum atomic E-state index is 13.1. The van der Waals surface area contributed by atoms with E-state index in [0.717, 1.165) is 5.82 Å². The van der Waals surface area contributed by atoms with Gasteiger partial charge in [0.05, 0.1) is 12.1 Å². The summed E-state index contributed by atoms with van der Waals surface area (Å²) in [5.74, 6) is 1.08. The zero-order valence-corrected chi connectivity index (χ0v) is 17.9. The summed E-state index contributed by atoms with van der Waals surface area (Å²) in [6.07, 6.45) is 4.59. The van der Waals surface area contributed by atoms with Gasteiger partial charge in [0, 0.05) is 32.2 Å². The molecule has 0 spiro atoms. The van der Waals surface area contributed by atoms with Crippen molar-refractivity contribution in [2.45, 2.75) is 33.0 Å². The molecule has 1 unspecified atom stereocenters. The van der Waals surface area contributed by atoms with Crippen molar-refractivity contribution < 1.29 is 9.90 Å². The highest BCUT2D eigenvalue weighted by molar-refractivity contribution is 5.94. The molecular weight excluding hydrogens is 392 g/mol. The van der Waals surface area contributed by atoms with Crippen LogP contribution in [0.15, 0.2) is 61.1 Å². The van der Waals surface area contributed by atoms with Gasteiger partial charge in [-0.1, -0.05) is 44.2 Å². The molecule has 160 valence electrons. The predicted octanol–water partition coefficient (Wildman–Crippen LogP) is 2.94. The normalized spacial score (nSPS) is 12.4. The number of pyridine rings is 1. The Balaban J connectivity index is 1.53. The Morgan fingerprint density at radius 1 is 1.13 bits per heavy atom. The van der Waals surface area contributed by atoms with E-state index in [1.807, 2.05) is 42.8 Å². The molecule has 0 aliphatic rings. The number of imidazole rings is 1. The van der Waals surface area contributed by atoms with E-state index in [2.05, 4.69) is 27.3 Å². The van der Waals surface area contributed by atoms with Gasteiger partial charge in [-0.3, -0.25) is 9.20 Å². The molecule has 0 bridgehead atoms. The van der Waals surface area contributed by atoms with Gasteiger partial charge in [-0.05, 0) is 23.6 Å². The summed E-state index contributed by atoms with van der Waals surface area (Å²) in [4.78, 5) is 19.2. The minimum atomic E-state index is -0.761. The fraction of sp³-hybridized carbons (Fsp3) is 0.304. The van der Waals surface area contributed by atoms with Crippen LogP contribution in [-0.2, 0) is 13.1 Å². The van der Waals surface area contributed by atoms with Crippen LogP contribution in [0.1, 0.15) is 47.5 Å². The van der Waals surface area contributed by atoms with Crippen LogP contribution >= 0.6 is 0 Å². The zero-order valence-electron chi connectivity index (χ0n) is 17.9. The highest BCUT2D eigenvalue weighted by Gasteiger charge is 2.21. The number of fused-ring (bicyclic) bond motifs is 1. The maximum absolute atomic E-state index is 13.1. The first kappa shape index (κ1) is 20.7. The number of rotatable bonds is 7. The van der Waals surface area contributed by atoms with Crippen molar-refractivity contribution in [1.29, 1.82) is 0 Å². The monoisotopic (exact) mass is 418 g/mol. The summed E-state index contributed by atoms with van der Waals surface area (Å²) in [5.41, 5.74) is 2.26. The lowest BCUT2D eigenvalue weighted by atomic mass is 10.1. The van der Waals surface area contributed by atoms with Crippen molar-refractivity contribution in [3.05, 3.63) is 83.8 Å². The molecule has 1 amide bonds. The standard InChI is InChI=1S/C23H26N6O2/c1-16(2)21(30)22-26-25-19-10-9-18(14-29(19)22)23(31)27(3)15-20-24-11-12-28(20)13-17-7-5-4-6-8-17/h4-12,14,16,21,30H,13,15H2,1-3H3. The molecule has 3 heterocycles. The first-order valence-corrected chi connectivity index (χ1v) is 10.3. The van der Waals surface area contributed by atoms with Crippen molar-refractivity contribution in [3.8, 4) is 0 Å². The average molecular weight is 419 g/mol. The van der Waals surface area contributed by atoms with Crippen LogP contribution in [-0.4, -0.2) is 47.1 Å². The Morgan fingerprint density at radius 3 is 2.65 bits per heavy atom. The van der Waals surface area contributed by atoms with Gasteiger partial charge in [-0.15, -0.1) is 10.2 Å². The summed E-state index contributed by atoms with van der Waals surface area (Å²) in [6.45, 7) is 4.89. The number of aliphatic hydroxyl groups excluding tert-OH is 1. The molecule has 0 fully saturated rings. The van der Waals surface area contributed by atoms with E-state index in [0.29, 0.717) is 30.1 Å². The third-order valence-corrected chi connectivity index (χ3v) is 5.29. The minimum absolute atomic E-state index is 0.0158. The first-order valence-electron chi connectivity index (χ1n) is 10.3. The number of hydrogen-bond acceptors (Lipinski definition) is 5. The molecule has 0 saturated heterocycles. The topological polar surface area (TPSA) is 88.6 Å². The summed E-state index contributed by atoms with van der Waals surface area (Å²) in [7, 11) is 1.75. The summed E-state index contributed by atoms with van der Waals surface area (Å²) in [6, 6.07) is 13.6. The Bertz CT molecular complexity index is 1180. The lowest BCUT2D eigenvalue weighted by molar-refractivity contribution is 0.0779. The fourth-order valence-corrected chi connectivity index (χ4v) is 3.45. The van der Waals surface area contributed by atoms with Crippen molar-refractivity contribution >= 4 is 11.6 Å². The number of benzene rings is 1. The molecule has 0 aliphatic carbocycles. The van der Waals surface area contributed by atoms with Gasteiger partial charge in [0.1, 0.15) is 11.9 Å². The fourth-order valence-electron chi connectivity index (χ4n) is 3.45. The van der Waals surface area contributed by atoms with E-state index < -0.39 is 6.10 Å². The molecular formula is C23H26N6O2. The van der Waals surface area contributed by atoms with Gasteiger partial charge in [0.15, 0.2) is 11.5 Å². The van der Waals surface area contributed by atoms with E-state index in [1.54, 1.807) is 40.9 Å². The van der Waals surface area contributed by atoms with Crippen LogP contribution in [0.4, 0.5) is 0 Å². The Kier molecular flexibility index (Phi) is 5.81. The van der Waals surface area contributed by atoms with Crippen LogP contribution in [0.5, 0.6) is 0 Å². The van der Waals surface area contributed by atoms with Gasteiger partial charge < -0.3 is 14.6 Å². The highest BCUT2D eigenvalue weighted by Crippen LogP contribution is 2.21. The molecule has 0 radical (unpaired) electrons. The molecule has 31 heavy (non-hydrogen) atoms. The molecule has 0 saturated carbocycles. The van der Waals surface area contributed by atoms with E-state index in [-0.39, 0.29) is 11.8 Å². The quantitative estimate of drug-likeness (QED) is 0.499. The largest absolute Gasteiger partial charge is 0.385 e. The van der Waals surface area contributed by atoms with Gasteiger partial charge >= 0.3 is 0 Å². The summed E-state index contributed by atoms with van der Waals surface area (Å²) < 4.78 is 3.72. The Morgan fingerprint density at radius 2 is 1.90 bits per heavy atom. The summed E-state index contributed by atoms with van der Waals surface area (Å²) >= 11 is 0. The second kappa shape index (κ2) is 8.69. The van der Waals surface area contributed by atoms with Crippen LogP contribution in [0, 0.1) is 5.92 Å². The van der Waals surface area contributed by atoms with Crippen LogP contribution in [0.3, 0.4) is 0 Å². The summed E-state index contributed by atoms with van der Waals surface area (Å²) in [5, 5.41) is 18.6. The average Bonchev–Trinajstić information content (AvgIpc) is 3.39. The van der Waals surface area contributed by atoms with Crippen LogP contribution in [0.25, 0.3) is 5.65 Å². The number of carbonyl (C=O) groups is 1. The lowest BCUT2D eigenvalue weighted by Crippen LogP contribution is -2.28. The number of aliphatic hydroxyl groups is 1. The number of hydrogen-bond donors (Lipinski definition) is 1. The lowest BCUT2D eigenvalue weighted by Gasteiger charge is -2.18. The molecule has 8 nitrogen and oxygen atoms in total. The highest BCUT2D eigenvalue weighted by atomic mass is 16.3. The zero-order chi connectivity index (χ0) is 22.0. The molecule has 4 aromatic rings. The molecule has 1 N–H and O–H groups in total. The number of aromatic nitrogens is 5. The molecule has 1 aromatic carbocycles. The maximum Gasteiger partial charge on any atom is 0.255 e. The molecule has 0 aliphatic heterocycles. The van der Waals surface area contributed by atoms with E-state index in [9.17, 15) is 9.90 Å². The third kappa shape index (κ3) is 4.34. The number of carbonyl (C=O) groups excluding carboxylic acids is 1. The van der Waals surface area contributed by atoms with Gasteiger partial charge in [0.25, 0.3) is 5.91 Å². The van der Waals surface area contributed by atoms with Crippen molar-refractivity contribution in [2.75, 3.05) is 7.05 Å². The number of nitrogens with zero attached hydrogens (tertiary/aromatic N) is 6. The molecule has 4 rings (SSSR count). The van der Waals surface area contributed by atoms with Crippen molar-refractivity contribution in [3.63, 3.8) is 0 Å². The second-order valence-electron chi connectivity index (χ2n) is 8.01. The van der Waals surface area contributed by atoms with E-state index in [1.165, 1.54) is 5.56 Å². The molecule has 8 heteroatoms. The smallest absolute Gasteiger partial charge is 0.255 e. The van der Waals surface area contributed by atoms with Gasteiger partial charge in [0.2, 0.25) is 0 Å². The van der Waals surface area contributed by atoms with Gasteiger partial charge in [-0.25, -0.2) is 4.98 Å². The van der Waals surface area contributed by atoms with Crippen LogP contribution < -0.4 is 0 Å².